The van der Waals surface area contributed by atoms with Crippen molar-refractivity contribution < 1.29 is 4.74 Å². The van der Waals surface area contributed by atoms with Crippen molar-refractivity contribution in [1.29, 1.82) is 0 Å². The lowest BCUT2D eigenvalue weighted by Gasteiger charge is -2.10. The van der Waals surface area contributed by atoms with Crippen LogP contribution in [0, 0.1) is 12.3 Å². The second kappa shape index (κ2) is 8.44. The molecule has 1 rings (SSSR count). The van der Waals surface area contributed by atoms with Crippen LogP contribution in [-0.2, 0) is 6.54 Å². The van der Waals surface area contributed by atoms with Crippen LogP contribution >= 0.6 is 15.9 Å². The van der Waals surface area contributed by atoms with E-state index in [0.717, 1.165) is 22.3 Å². The molecule has 0 atom stereocenters. The Hall–Kier alpha value is -1.67. The van der Waals surface area contributed by atoms with Crippen LogP contribution in [0.15, 0.2) is 27.7 Å². The molecule has 0 heterocycles. The number of hydrogen-bond acceptors (Lipinski definition) is 2. The van der Waals surface area contributed by atoms with Crippen LogP contribution in [0.2, 0.25) is 0 Å². The maximum absolute atomic E-state index is 5.22. The molecule has 0 aliphatic carbocycles. The van der Waals surface area contributed by atoms with E-state index in [4.69, 9.17) is 11.2 Å². The molecule has 0 saturated heterocycles. The van der Waals surface area contributed by atoms with Gasteiger partial charge in [0.25, 0.3) is 0 Å². The third kappa shape index (κ3) is 5.23. The van der Waals surface area contributed by atoms with Crippen molar-refractivity contribution in [3.05, 3.63) is 28.2 Å². The van der Waals surface area contributed by atoms with Gasteiger partial charge in [0.15, 0.2) is 5.96 Å². The first-order chi connectivity index (χ1) is 9.21. The number of guanidine groups is 1. The smallest absolute Gasteiger partial charge is 0.192 e. The number of hydrogen-bond donors (Lipinski definition) is 2. The van der Waals surface area contributed by atoms with Crippen LogP contribution in [0.3, 0.4) is 0 Å². The molecule has 1 aromatic rings. The number of rotatable bonds is 5. The van der Waals surface area contributed by atoms with E-state index in [1.807, 2.05) is 25.1 Å². The van der Waals surface area contributed by atoms with Crippen molar-refractivity contribution in [3.8, 4) is 18.1 Å². The fourth-order valence-electron chi connectivity index (χ4n) is 1.44. The summed E-state index contributed by atoms with van der Waals surface area (Å²) in [7, 11) is 1.65. The Labute approximate surface area is 122 Å². The van der Waals surface area contributed by atoms with E-state index in [9.17, 15) is 0 Å². The number of methoxy groups -OCH3 is 1. The van der Waals surface area contributed by atoms with E-state index in [1.54, 1.807) is 7.11 Å². The number of nitrogens with one attached hydrogen (secondary N) is 2. The number of ether oxygens (including phenoxy) is 1. The largest absolute Gasteiger partial charge is 0.497 e. The SMILES string of the molecule is C#CCNC(=NCc1cc(OC)ccc1Br)NCC. The Kier molecular flexibility index (Phi) is 6.83. The molecule has 0 aliphatic heterocycles. The van der Waals surface area contributed by atoms with E-state index < -0.39 is 0 Å². The Morgan fingerprint density at radius 2 is 2.26 bits per heavy atom. The first-order valence-corrected chi connectivity index (χ1v) is 6.78. The third-order valence-corrected chi connectivity index (χ3v) is 3.14. The first-order valence-electron chi connectivity index (χ1n) is 5.99. The Bertz CT molecular complexity index is 480. The highest BCUT2D eigenvalue weighted by Crippen LogP contribution is 2.23. The van der Waals surface area contributed by atoms with Gasteiger partial charge in [-0.05, 0) is 30.7 Å². The minimum atomic E-state index is 0.450. The van der Waals surface area contributed by atoms with Crippen LogP contribution in [-0.4, -0.2) is 26.2 Å². The molecule has 0 spiro atoms. The van der Waals surface area contributed by atoms with Gasteiger partial charge in [0.2, 0.25) is 0 Å². The molecule has 19 heavy (non-hydrogen) atoms. The van der Waals surface area contributed by atoms with Crippen molar-refractivity contribution in [2.24, 2.45) is 4.99 Å². The normalized spacial score (nSPS) is 10.7. The molecule has 0 saturated carbocycles. The highest BCUT2D eigenvalue weighted by molar-refractivity contribution is 9.10. The van der Waals surface area contributed by atoms with E-state index in [-0.39, 0.29) is 0 Å². The topological polar surface area (TPSA) is 45.7 Å². The molecule has 0 bridgehead atoms. The zero-order chi connectivity index (χ0) is 14.1. The predicted molar refractivity (Wildman–Crippen MR) is 82.3 cm³/mol. The maximum atomic E-state index is 5.22. The second-order valence-electron chi connectivity index (χ2n) is 3.71. The fraction of sp³-hybridized carbons (Fsp3) is 0.357. The van der Waals surface area contributed by atoms with E-state index in [1.165, 1.54) is 0 Å². The van der Waals surface area contributed by atoms with Crippen LogP contribution in [0.5, 0.6) is 5.75 Å². The molecule has 0 fully saturated rings. The van der Waals surface area contributed by atoms with E-state index >= 15 is 0 Å². The average molecular weight is 324 g/mol. The lowest BCUT2D eigenvalue weighted by atomic mass is 10.2. The predicted octanol–water partition coefficient (Wildman–Crippen LogP) is 2.15. The lowest BCUT2D eigenvalue weighted by molar-refractivity contribution is 0.414. The van der Waals surface area contributed by atoms with Crippen LogP contribution in [0.4, 0.5) is 0 Å². The molecule has 1 aromatic carbocycles. The van der Waals surface area contributed by atoms with Gasteiger partial charge in [-0.25, -0.2) is 4.99 Å². The van der Waals surface area contributed by atoms with Crippen molar-refractivity contribution in [2.45, 2.75) is 13.5 Å². The minimum absolute atomic E-state index is 0.450. The van der Waals surface area contributed by atoms with Crippen molar-refractivity contribution >= 4 is 21.9 Å². The molecule has 0 aliphatic rings. The molecule has 0 radical (unpaired) electrons. The van der Waals surface area contributed by atoms with Gasteiger partial charge in [0.1, 0.15) is 5.75 Å². The summed E-state index contributed by atoms with van der Waals surface area (Å²) in [6, 6.07) is 5.81. The standard InChI is InChI=1S/C14H18BrN3O/c1-4-8-17-14(16-5-2)18-10-11-9-12(19-3)6-7-13(11)15/h1,6-7,9H,5,8,10H2,2-3H3,(H2,16,17,18). The summed E-state index contributed by atoms with van der Waals surface area (Å²) in [6.45, 7) is 3.78. The van der Waals surface area contributed by atoms with Gasteiger partial charge in [0, 0.05) is 11.0 Å². The summed E-state index contributed by atoms with van der Waals surface area (Å²) >= 11 is 3.50. The maximum Gasteiger partial charge on any atom is 0.192 e. The number of terminal acetylenes is 1. The molecule has 2 N–H and O–H groups in total. The summed E-state index contributed by atoms with van der Waals surface area (Å²) < 4.78 is 6.21. The summed E-state index contributed by atoms with van der Waals surface area (Å²) in [5, 5.41) is 6.18. The van der Waals surface area contributed by atoms with Crippen LogP contribution in [0.25, 0.3) is 0 Å². The molecular weight excluding hydrogens is 306 g/mol. The van der Waals surface area contributed by atoms with Gasteiger partial charge in [-0.3, -0.25) is 0 Å². The monoisotopic (exact) mass is 323 g/mol. The summed E-state index contributed by atoms with van der Waals surface area (Å²) in [5.41, 5.74) is 1.05. The Morgan fingerprint density at radius 3 is 2.89 bits per heavy atom. The van der Waals surface area contributed by atoms with Gasteiger partial charge in [-0.2, -0.15) is 0 Å². The molecule has 0 amide bonds. The Morgan fingerprint density at radius 1 is 1.47 bits per heavy atom. The Balaban J connectivity index is 2.78. The first kappa shape index (κ1) is 15.4. The van der Waals surface area contributed by atoms with Gasteiger partial charge >= 0.3 is 0 Å². The molecule has 0 unspecified atom stereocenters. The summed E-state index contributed by atoms with van der Waals surface area (Å²) in [6.07, 6.45) is 5.22. The van der Waals surface area contributed by atoms with E-state index in [0.29, 0.717) is 19.0 Å². The van der Waals surface area contributed by atoms with Gasteiger partial charge in [-0.15, -0.1) is 6.42 Å². The molecule has 0 aromatic heterocycles. The lowest BCUT2D eigenvalue weighted by Crippen LogP contribution is -2.37. The van der Waals surface area contributed by atoms with Crippen molar-refractivity contribution in [3.63, 3.8) is 0 Å². The highest BCUT2D eigenvalue weighted by atomic mass is 79.9. The number of benzene rings is 1. The number of aliphatic imine (C=N–C) groups is 1. The number of halogens is 1. The molecular formula is C14H18BrN3O. The molecule has 102 valence electrons. The van der Waals surface area contributed by atoms with Crippen LogP contribution < -0.4 is 15.4 Å². The summed E-state index contributed by atoms with van der Waals surface area (Å²) in [5.74, 6) is 4.04. The van der Waals surface area contributed by atoms with Gasteiger partial charge < -0.3 is 15.4 Å². The van der Waals surface area contributed by atoms with Gasteiger partial charge in [-0.1, -0.05) is 21.9 Å². The van der Waals surface area contributed by atoms with Crippen LogP contribution in [0.1, 0.15) is 12.5 Å². The quantitative estimate of drug-likeness (QED) is 0.496. The minimum Gasteiger partial charge on any atom is -0.497 e. The molecule has 4 nitrogen and oxygen atoms in total. The zero-order valence-corrected chi connectivity index (χ0v) is 12.8. The fourth-order valence-corrected chi connectivity index (χ4v) is 1.81. The third-order valence-electron chi connectivity index (χ3n) is 2.36. The highest BCUT2D eigenvalue weighted by Gasteiger charge is 2.02. The number of nitrogens with zero attached hydrogens (tertiary/aromatic N) is 1. The second-order valence-corrected chi connectivity index (χ2v) is 4.56. The van der Waals surface area contributed by atoms with Gasteiger partial charge in [0.05, 0.1) is 20.2 Å². The zero-order valence-electron chi connectivity index (χ0n) is 11.2. The average Bonchev–Trinajstić information content (AvgIpc) is 2.43. The van der Waals surface area contributed by atoms with Crippen molar-refractivity contribution in [1.82, 2.24) is 10.6 Å². The van der Waals surface area contributed by atoms with Crippen molar-refractivity contribution in [2.75, 3.05) is 20.2 Å². The summed E-state index contributed by atoms with van der Waals surface area (Å²) in [4.78, 5) is 4.47. The van der Waals surface area contributed by atoms with E-state index in [2.05, 4.69) is 37.5 Å². The molecule has 5 heteroatoms.